The largest absolute Gasteiger partial charge is 0.143 e. The summed E-state index contributed by atoms with van der Waals surface area (Å²) in [5, 5.41) is 4.37. The zero-order valence-corrected chi connectivity index (χ0v) is 16.3. The molecule has 3 heteroatoms. The predicted molar refractivity (Wildman–Crippen MR) is 108 cm³/mol. The van der Waals surface area contributed by atoms with Crippen LogP contribution < -0.4 is 0 Å². The summed E-state index contributed by atoms with van der Waals surface area (Å²) >= 11 is 5.69. The van der Waals surface area contributed by atoms with Gasteiger partial charge in [-0.05, 0) is 46.9 Å². The second-order valence-electron chi connectivity index (χ2n) is 6.04. The third-order valence-electron chi connectivity index (χ3n) is 4.37. The Hall–Kier alpha value is -0.900. The first-order valence-electron chi connectivity index (χ1n) is 8.52. The molecule has 3 heterocycles. The molecule has 0 spiro atoms. The lowest BCUT2D eigenvalue weighted by atomic mass is 9.92. The summed E-state index contributed by atoms with van der Waals surface area (Å²) in [6, 6.07) is 11.3. The molecule has 1 unspecified atom stereocenters. The van der Waals surface area contributed by atoms with Crippen LogP contribution in [0.25, 0.3) is 19.5 Å². The second kappa shape index (κ2) is 8.27. The van der Waals surface area contributed by atoms with E-state index in [4.69, 9.17) is 0 Å². The fraction of sp³-hybridized carbons (Fsp3) is 0.400. The van der Waals surface area contributed by atoms with E-state index in [0.717, 1.165) is 5.92 Å². The van der Waals surface area contributed by atoms with Crippen LogP contribution in [-0.4, -0.2) is 0 Å². The van der Waals surface area contributed by atoms with Gasteiger partial charge in [0.2, 0.25) is 0 Å². The summed E-state index contributed by atoms with van der Waals surface area (Å²) in [5.41, 5.74) is 1.56. The molecule has 0 saturated carbocycles. The van der Waals surface area contributed by atoms with Gasteiger partial charge < -0.3 is 0 Å². The summed E-state index contributed by atoms with van der Waals surface area (Å²) in [4.78, 5) is 5.76. The number of hydrogen-bond acceptors (Lipinski definition) is 3. The van der Waals surface area contributed by atoms with Crippen molar-refractivity contribution < 1.29 is 0 Å². The van der Waals surface area contributed by atoms with Gasteiger partial charge in [0.05, 0.1) is 0 Å². The van der Waals surface area contributed by atoms with Gasteiger partial charge in [0, 0.05) is 19.5 Å². The van der Waals surface area contributed by atoms with Gasteiger partial charge in [-0.1, -0.05) is 51.7 Å². The van der Waals surface area contributed by atoms with Gasteiger partial charge in [0.25, 0.3) is 0 Å². The number of thiophene rings is 3. The van der Waals surface area contributed by atoms with E-state index in [1.54, 1.807) is 5.56 Å². The van der Waals surface area contributed by atoms with Crippen molar-refractivity contribution in [1.29, 1.82) is 0 Å². The first-order valence-corrected chi connectivity index (χ1v) is 11.1. The highest BCUT2D eigenvalue weighted by Gasteiger charge is 2.17. The van der Waals surface area contributed by atoms with E-state index in [1.165, 1.54) is 51.6 Å². The average molecular weight is 361 g/mol. The van der Waals surface area contributed by atoms with Crippen LogP contribution in [0.2, 0.25) is 0 Å². The molecular formula is C20H24S3. The van der Waals surface area contributed by atoms with Crippen LogP contribution in [-0.2, 0) is 6.42 Å². The van der Waals surface area contributed by atoms with Crippen LogP contribution in [0.1, 0.15) is 45.1 Å². The van der Waals surface area contributed by atoms with E-state index in [0.29, 0.717) is 0 Å². The fourth-order valence-electron chi connectivity index (χ4n) is 2.99. The van der Waals surface area contributed by atoms with Gasteiger partial charge in [-0.25, -0.2) is 0 Å². The Balaban J connectivity index is 1.90. The Morgan fingerprint density at radius 1 is 0.957 bits per heavy atom. The van der Waals surface area contributed by atoms with E-state index >= 15 is 0 Å². The quantitative estimate of drug-likeness (QED) is 0.382. The monoisotopic (exact) mass is 360 g/mol. The van der Waals surface area contributed by atoms with Gasteiger partial charge in [0.1, 0.15) is 0 Å². The van der Waals surface area contributed by atoms with E-state index < -0.39 is 0 Å². The Kier molecular flexibility index (Phi) is 6.09. The van der Waals surface area contributed by atoms with Crippen molar-refractivity contribution in [3.8, 4) is 19.5 Å². The Labute approximate surface area is 151 Å². The summed E-state index contributed by atoms with van der Waals surface area (Å²) in [6.45, 7) is 4.64. The van der Waals surface area contributed by atoms with Crippen molar-refractivity contribution in [1.82, 2.24) is 0 Å². The standard InChI is InChI=1S/C20H24S3/c1-3-5-8-15(4-2)13-16-14-19(17-9-6-11-21-17)23-20(16)18-10-7-12-22-18/h6-7,9-12,14-15H,3-5,8,13H2,1-2H3. The van der Waals surface area contributed by atoms with Crippen molar-refractivity contribution in [2.45, 2.75) is 46.0 Å². The highest BCUT2D eigenvalue weighted by molar-refractivity contribution is 7.26. The normalized spacial score (nSPS) is 12.6. The molecule has 0 aliphatic rings. The van der Waals surface area contributed by atoms with Crippen LogP contribution in [0, 0.1) is 5.92 Å². The topological polar surface area (TPSA) is 0 Å². The maximum absolute atomic E-state index is 2.46. The molecule has 0 saturated heterocycles. The molecule has 23 heavy (non-hydrogen) atoms. The molecule has 3 aromatic rings. The molecule has 0 N–H and O–H groups in total. The third-order valence-corrected chi connectivity index (χ3v) is 7.66. The van der Waals surface area contributed by atoms with E-state index in [2.05, 4.69) is 54.9 Å². The summed E-state index contributed by atoms with van der Waals surface area (Å²) < 4.78 is 0. The molecular weight excluding hydrogens is 336 g/mol. The predicted octanol–water partition coefficient (Wildman–Crippen LogP) is 7.96. The molecule has 0 bridgehead atoms. The minimum atomic E-state index is 0.819. The lowest BCUT2D eigenvalue weighted by Crippen LogP contribution is -2.03. The molecule has 0 nitrogen and oxygen atoms in total. The summed E-state index contributed by atoms with van der Waals surface area (Å²) in [5.74, 6) is 0.819. The summed E-state index contributed by atoms with van der Waals surface area (Å²) in [7, 11) is 0. The maximum atomic E-state index is 2.46. The number of unbranched alkanes of at least 4 members (excludes halogenated alkanes) is 1. The first-order chi connectivity index (χ1) is 11.3. The molecule has 0 aliphatic carbocycles. The summed E-state index contributed by atoms with van der Waals surface area (Å²) in [6.07, 6.45) is 6.54. The van der Waals surface area contributed by atoms with E-state index in [1.807, 2.05) is 34.0 Å². The molecule has 3 aromatic heterocycles. The third kappa shape index (κ3) is 4.14. The molecule has 0 fully saturated rings. The van der Waals surface area contributed by atoms with Crippen LogP contribution in [0.3, 0.4) is 0 Å². The fourth-order valence-corrected chi connectivity index (χ4v) is 5.90. The lowest BCUT2D eigenvalue weighted by Gasteiger charge is -2.14. The highest BCUT2D eigenvalue weighted by atomic mass is 32.1. The second-order valence-corrected chi connectivity index (χ2v) is 8.99. The van der Waals surface area contributed by atoms with Gasteiger partial charge in [-0.15, -0.1) is 34.0 Å². The minimum absolute atomic E-state index is 0.819. The zero-order chi connectivity index (χ0) is 16.1. The van der Waals surface area contributed by atoms with Crippen molar-refractivity contribution in [3.05, 3.63) is 46.7 Å². The Morgan fingerprint density at radius 2 is 1.70 bits per heavy atom. The molecule has 0 aliphatic heterocycles. The highest BCUT2D eigenvalue weighted by Crippen LogP contribution is 2.42. The molecule has 0 radical (unpaired) electrons. The van der Waals surface area contributed by atoms with Crippen LogP contribution in [0.15, 0.2) is 41.1 Å². The van der Waals surface area contributed by atoms with Crippen molar-refractivity contribution in [2.24, 2.45) is 5.92 Å². The Morgan fingerprint density at radius 3 is 2.30 bits per heavy atom. The molecule has 3 rings (SSSR count). The van der Waals surface area contributed by atoms with Gasteiger partial charge >= 0.3 is 0 Å². The van der Waals surface area contributed by atoms with E-state index in [-0.39, 0.29) is 0 Å². The van der Waals surface area contributed by atoms with E-state index in [9.17, 15) is 0 Å². The number of rotatable bonds is 8. The average Bonchev–Trinajstić information content (AvgIpc) is 3.31. The minimum Gasteiger partial charge on any atom is -0.143 e. The molecule has 1 atom stereocenters. The number of hydrogen-bond donors (Lipinski definition) is 0. The maximum Gasteiger partial charge on any atom is 0.0481 e. The molecule has 0 amide bonds. The van der Waals surface area contributed by atoms with Crippen LogP contribution in [0.5, 0.6) is 0 Å². The van der Waals surface area contributed by atoms with Gasteiger partial charge in [0.15, 0.2) is 0 Å². The lowest BCUT2D eigenvalue weighted by molar-refractivity contribution is 0.450. The van der Waals surface area contributed by atoms with Gasteiger partial charge in [-0.2, -0.15) is 0 Å². The van der Waals surface area contributed by atoms with Crippen molar-refractivity contribution in [2.75, 3.05) is 0 Å². The SMILES string of the molecule is CCCCC(CC)Cc1cc(-c2cccs2)sc1-c1cccs1. The van der Waals surface area contributed by atoms with Crippen molar-refractivity contribution in [3.63, 3.8) is 0 Å². The van der Waals surface area contributed by atoms with Gasteiger partial charge in [-0.3, -0.25) is 0 Å². The van der Waals surface area contributed by atoms with Crippen LogP contribution in [0.4, 0.5) is 0 Å². The smallest absolute Gasteiger partial charge is 0.0481 e. The van der Waals surface area contributed by atoms with Crippen molar-refractivity contribution >= 4 is 34.0 Å². The molecule has 122 valence electrons. The first kappa shape index (κ1) is 16.9. The van der Waals surface area contributed by atoms with Crippen LogP contribution >= 0.6 is 34.0 Å². The Bertz CT molecular complexity index is 689. The zero-order valence-electron chi connectivity index (χ0n) is 13.9. The molecule has 0 aromatic carbocycles.